The van der Waals surface area contributed by atoms with Crippen LogP contribution < -0.4 is 10.1 Å². The molecule has 1 aromatic carbocycles. The molecular weight excluding hydrogens is 210 g/mol. The summed E-state index contributed by atoms with van der Waals surface area (Å²) >= 11 is 0. The molecule has 0 radical (unpaired) electrons. The van der Waals surface area contributed by atoms with Crippen LogP contribution in [0.1, 0.15) is 42.4 Å². The highest BCUT2D eigenvalue weighted by atomic mass is 16.5. The second kappa shape index (κ2) is 5.54. The Morgan fingerprint density at radius 1 is 1.24 bits per heavy atom. The first-order valence-electron chi connectivity index (χ1n) is 6.58. The Hall–Kier alpha value is -1.02. The fourth-order valence-corrected chi connectivity index (χ4v) is 2.74. The van der Waals surface area contributed by atoms with Crippen molar-refractivity contribution in [3.8, 4) is 5.75 Å². The number of aryl methyl sites for hydroxylation is 2. The van der Waals surface area contributed by atoms with Gasteiger partial charge in [0.05, 0.1) is 7.11 Å². The molecule has 0 spiro atoms. The highest BCUT2D eigenvalue weighted by molar-refractivity contribution is 5.42. The van der Waals surface area contributed by atoms with E-state index in [2.05, 4.69) is 31.3 Å². The van der Waals surface area contributed by atoms with Crippen LogP contribution in [-0.2, 0) is 6.54 Å². The molecule has 2 rings (SSSR count). The Balaban J connectivity index is 2.08. The summed E-state index contributed by atoms with van der Waals surface area (Å²) in [7, 11) is 1.76. The number of methoxy groups -OCH3 is 1. The predicted octanol–water partition coefficient (Wildman–Crippen LogP) is 3.34. The van der Waals surface area contributed by atoms with Gasteiger partial charge in [0.15, 0.2) is 0 Å². The first-order valence-corrected chi connectivity index (χ1v) is 6.58. The molecule has 1 N–H and O–H groups in total. The van der Waals surface area contributed by atoms with Gasteiger partial charge < -0.3 is 10.1 Å². The lowest BCUT2D eigenvalue weighted by Gasteiger charge is -2.16. The third-order valence-electron chi connectivity index (χ3n) is 3.72. The molecule has 1 aliphatic rings. The van der Waals surface area contributed by atoms with Gasteiger partial charge in [-0.2, -0.15) is 0 Å². The minimum absolute atomic E-state index is 0.709. The van der Waals surface area contributed by atoms with E-state index >= 15 is 0 Å². The van der Waals surface area contributed by atoms with Crippen molar-refractivity contribution >= 4 is 0 Å². The molecule has 1 aromatic rings. The van der Waals surface area contributed by atoms with Crippen molar-refractivity contribution in [2.45, 2.75) is 52.1 Å². The molecule has 94 valence electrons. The average Bonchev–Trinajstić information content (AvgIpc) is 2.79. The van der Waals surface area contributed by atoms with Crippen LogP contribution in [0.4, 0.5) is 0 Å². The molecule has 0 aliphatic heterocycles. The SMILES string of the molecule is COc1cc(C)cc(C)c1CNC1CCCC1. The second-order valence-corrected chi connectivity index (χ2v) is 5.12. The average molecular weight is 233 g/mol. The molecule has 0 bridgehead atoms. The van der Waals surface area contributed by atoms with Gasteiger partial charge in [-0.05, 0) is 43.9 Å². The lowest BCUT2D eigenvalue weighted by atomic mass is 10.0. The Bertz CT molecular complexity index is 381. The maximum absolute atomic E-state index is 5.48. The number of benzene rings is 1. The molecule has 0 unspecified atom stereocenters. The monoisotopic (exact) mass is 233 g/mol. The number of rotatable bonds is 4. The summed E-state index contributed by atoms with van der Waals surface area (Å²) in [6, 6.07) is 5.06. The summed E-state index contributed by atoms with van der Waals surface area (Å²) in [5.74, 6) is 1.02. The van der Waals surface area contributed by atoms with Crippen molar-refractivity contribution < 1.29 is 4.74 Å². The van der Waals surface area contributed by atoms with E-state index in [1.54, 1.807) is 7.11 Å². The molecule has 17 heavy (non-hydrogen) atoms. The Labute approximate surface area is 104 Å². The minimum Gasteiger partial charge on any atom is -0.496 e. The van der Waals surface area contributed by atoms with Crippen LogP contribution in [0, 0.1) is 13.8 Å². The maximum atomic E-state index is 5.48. The van der Waals surface area contributed by atoms with Gasteiger partial charge in [0.2, 0.25) is 0 Å². The van der Waals surface area contributed by atoms with Crippen molar-refractivity contribution in [3.05, 3.63) is 28.8 Å². The molecule has 1 saturated carbocycles. The molecule has 0 saturated heterocycles. The van der Waals surface area contributed by atoms with Crippen molar-refractivity contribution in [2.24, 2.45) is 0 Å². The van der Waals surface area contributed by atoms with E-state index in [0.717, 1.165) is 12.3 Å². The number of ether oxygens (including phenoxy) is 1. The van der Waals surface area contributed by atoms with E-state index in [-0.39, 0.29) is 0 Å². The van der Waals surface area contributed by atoms with Gasteiger partial charge in [-0.15, -0.1) is 0 Å². The fraction of sp³-hybridized carbons (Fsp3) is 0.600. The normalized spacial score (nSPS) is 16.4. The van der Waals surface area contributed by atoms with Crippen molar-refractivity contribution in [1.82, 2.24) is 5.32 Å². The summed E-state index contributed by atoms with van der Waals surface area (Å²) in [5, 5.41) is 3.65. The fourth-order valence-electron chi connectivity index (χ4n) is 2.74. The van der Waals surface area contributed by atoms with Gasteiger partial charge in [-0.1, -0.05) is 18.9 Å². The van der Waals surface area contributed by atoms with E-state index < -0.39 is 0 Å². The van der Waals surface area contributed by atoms with E-state index in [1.165, 1.54) is 42.4 Å². The topological polar surface area (TPSA) is 21.3 Å². The highest BCUT2D eigenvalue weighted by Gasteiger charge is 2.15. The minimum atomic E-state index is 0.709. The van der Waals surface area contributed by atoms with E-state index in [0.29, 0.717) is 6.04 Å². The molecule has 2 nitrogen and oxygen atoms in total. The van der Waals surface area contributed by atoms with Crippen molar-refractivity contribution in [2.75, 3.05) is 7.11 Å². The van der Waals surface area contributed by atoms with Crippen LogP contribution in [0.2, 0.25) is 0 Å². The standard InChI is InChI=1S/C15H23NO/c1-11-8-12(2)14(15(9-11)17-3)10-16-13-6-4-5-7-13/h8-9,13,16H,4-7,10H2,1-3H3. The van der Waals surface area contributed by atoms with E-state index in [4.69, 9.17) is 4.74 Å². The van der Waals surface area contributed by atoms with Gasteiger partial charge in [-0.3, -0.25) is 0 Å². The lowest BCUT2D eigenvalue weighted by molar-refractivity contribution is 0.404. The van der Waals surface area contributed by atoms with Gasteiger partial charge in [0, 0.05) is 18.2 Å². The third-order valence-corrected chi connectivity index (χ3v) is 3.72. The predicted molar refractivity (Wildman–Crippen MR) is 71.6 cm³/mol. The second-order valence-electron chi connectivity index (χ2n) is 5.12. The number of hydrogen-bond acceptors (Lipinski definition) is 2. The summed E-state index contributed by atoms with van der Waals surface area (Å²) in [6.07, 6.45) is 5.41. The van der Waals surface area contributed by atoms with Crippen molar-refractivity contribution in [3.63, 3.8) is 0 Å². The summed E-state index contributed by atoms with van der Waals surface area (Å²) in [5.41, 5.74) is 3.90. The van der Waals surface area contributed by atoms with Crippen molar-refractivity contribution in [1.29, 1.82) is 0 Å². The molecule has 1 fully saturated rings. The molecule has 0 heterocycles. The van der Waals surface area contributed by atoms with Gasteiger partial charge in [-0.25, -0.2) is 0 Å². The van der Waals surface area contributed by atoms with Crippen LogP contribution in [0.3, 0.4) is 0 Å². The molecule has 1 aliphatic carbocycles. The first kappa shape index (κ1) is 12.4. The number of nitrogens with one attached hydrogen (secondary N) is 1. The lowest BCUT2D eigenvalue weighted by Crippen LogP contribution is -2.25. The molecule has 0 amide bonds. The summed E-state index contributed by atoms with van der Waals surface area (Å²) in [6.45, 7) is 5.21. The molecule has 0 aromatic heterocycles. The van der Waals surface area contributed by atoms with Crippen LogP contribution in [0.5, 0.6) is 5.75 Å². The highest BCUT2D eigenvalue weighted by Crippen LogP contribution is 2.25. The van der Waals surface area contributed by atoms with Gasteiger partial charge in [0.25, 0.3) is 0 Å². The van der Waals surface area contributed by atoms with Crippen LogP contribution in [0.25, 0.3) is 0 Å². The zero-order valence-electron chi connectivity index (χ0n) is 11.2. The molecule has 2 heteroatoms. The summed E-state index contributed by atoms with van der Waals surface area (Å²) < 4.78 is 5.48. The Kier molecular flexibility index (Phi) is 4.06. The van der Waals surface area contributed by atoms with Crippen LogP contribution in [0.15, 0.2) is 12.1 Å². The maximum Gasteiger partial charge on any atom is 0.123 e. The number of hydrogen-bond donors (Lipinski definition) is 1. The molecular formula is C15H23NO. The molecule has 0 atom stereocenters. The first-order chi connectivity index (χ1) is 8.20. The van der Waals surface area contributed by atoms with E-state index in [1.807, 2.05) is 0 Å². The zero-order chi connectivity index (χ0) is 12.3. The van der Waals surface area contributed by atoms with E-state index in [9.17, 15) is 0 Å². The third kappa shape index (κ3) is 3.01. The summed E-state index contributed by atoms with van der Waals surface area (Å²) in [4.78, 5) is 0. The van der Waals surface area contributed by atoms with Gasteiger partial charge >= 0.3 is 0 Å². The smallest absolute Gasteiger partial charge is 0.123 e. The Morgan fingerprint density at radius 3 is 2.59 bits per heavy atom. The van der Waals surface area contributed by atoms with Gasteiger partial charge in [0.1, 0.15) is 5.75 Å². The zero-order valence-corrected chi connectivity index (χ0v) is 11.2. The van der Waals surface area contributed by atoms with Crippen LogP contribution in [-0.4, -0.2) is 13.2 Å². The Morgan fingerprint density at radius 2 is 1.94 bits per heavy atom. The van der Waals surface area contributed by atoms with Crippen LogP contribution >= 0.6 is 0 Å². The largest absolute Gasteiger partial charge is 0.496 e. The quantitative estimate of drug-likeness (QED) is 0.861.